The molecule has 21 heavy (non-hydrogen) atoms. The number of carbonyl (C=O) groups is 1. The Hall–Kier alpha value is -1.56. The third kappa shape index (κ3) is 3.75. The molecule has 0 radical (unpaired) electrons. The zero-order chi connectivity index (χ0) is 15.7. The lowest BCUT2D eigenvalue weighted by atomic mass is 9.83. The van der Waals surface area contributed by atoms with Crippen molar-refractivity contribution in [3.05, 3.63) is 12.4 Å². The van der Waals surface area contributed by atoms with Crippen LogP contribution in [-0.4, -0.2) is 45.5 Å². The number of hydrogen-bond acceptors (Lipinski definition) is 3. The third-order valence-corrected chi connectivity index (χ3v) is 3.97. The number of likely N-dealkylation sites (tertiary alicyclic amines) is 1. The number of nitrogens with one attached hydrogen (secondary N) is 1. The molecule has 1 atom stereocenters. The second-order valence-electron chi connectivity index (χ2n) is 7.27. The smallest absolute Gasteiger partial charge is 0.321 e. The molecular weight excluding hydrogens is 268 g/mol. The Labute approximate surface area is 126 Å². The normalized spacial score (nSPS) is 23.2. The summed E-state index contributed by atoms with van der Waals surface area (Å²) in [4.78, 5) is 14.1. The summed E-state index contributed by atoms with van der Waals surface area (Å²) in [7, 11) is 0. The van der Waals surface area contributed by atoms with Crippen molar-refractivity contribution in [1.82, 2.24) is 14.7 Å². The van der Waals surface area contributed by atoms with E-state index >= 15 is 0 Å². The summed E-state index contributed by atoms with van der Waals surface area (Å²) in [5.41, 5.74) is 0.403. The summed E-state index contributed by atoms with van der Waals surface area (Å²) in [6, 6.07) is -0.122. The summed E-state index contributed by atoms with van der Waals surface area (Å²) in [6.07, 6.45) is 5.38. The van der Waals surface area contributed by atoms with Crippen LogP contribution < -0.4 is 5.32 Å². The van der Waals surface area contributed by atoms with Gasteiger partial charge in [0.05, 0.1) is 24.0 Å². The van der Waals surface area contributed by atoms with Gasteiger partial charge in [-0.1, -0.05) is 6.92 Å². The molecular formula is C15H26N4O2. The Kier molecular flexibility index (Phi) is 4.27. The van der Waals surface area contributed by atoms with Crippen LogP contribution in [0.3, 0.4) is 0 Å². The molecule has 2 heterocycles. The minimum Gasteiger partial charge on any atom is -0.396 e. The fourth-order valence-electron chi connectivity index (χ4n) is 2.57. The third-order valence-electron chi connectivity index (χ3n) is 3.97. The number of aliphatic hydroxyl groups excluding tert-OH is 1. The molecule has 0 aromatic carbocycles. The summed E-state index contributed by atoms with van der Waals surface area (Å²) in [5, 5.41) is 16.6. The van der Waals surface area contributed by atoms with E-state index in [-0.39, 0.29) is 23.6 Å². The maximum Gasteiger partial charge on any atom is 0.321 e. The van der Waals surface area contributed by atoms with E-state index < -0.39 is 0 Å². The SMILES string of the molecule is CC1(CO)CCCN(C(=O)Nc2cnn(C(C)(C)C)c2)C1. The molecule has 1 aliphatic rings. The predicted octanol–water partition coefficient (Wildman–Crippen LogP) is 2.26. The highest BCUT2D eigenvalue weighted by molar-refractivity contribution is 5.89. The van der Waals surface area contributed by atoms with E-state index in [0.29, 0.717) is 12.2 Å². The molecule has 1 fully saturated rings. The minimum atomic E-state index is -0.189. The van der Waals surface area contributed by atoms with Gasteiger partial charge in [0.15, 0.2) is 0 Å². The molecule has 2 N–H and O–H groups in total. The highest BCUT2D eigenvalue weighted by atomic mass is 16.3. The Morgan fingerprint density at radius 1 is 1.52 bits per heavy atom. The maximum absolute atomic E-state index is 12.3. The molecule has 0 bridgehead atoms. The Balaban J connectivity index is 2.00. The number of aliphatic hydroxyl groups is 1. The molecule has 1 aromatic heterocycles. The molecule has 0 saturated carbocycles. The molecule has 6 heteroatoms. The van der Waals surface area contributed by atoms with Crippen LogP contribution in [-0.2, 0) is 5.54 Å². The first-order valence-electron chi connectivity index (χ1n) is 7.45. The van der Waals surface area contributed by atoms with Gasteiger partial charge in [0.25, 0.3) is 0 Å². The first-order valence-corrected chi connectivity index (χ1v) is 7.45. The van der Waals surface area contributed by atoms with Crippen LogP contribution in [0.2, 0.25) is 0 Å². The van der Waals surface area contributed by atoms with Crippen molar-refractivity contribution in [2.45, 2.75) is 46.1 Å². The molecule has 1 unspecified atom stereocenters. The lowest BCUT2D eigenvalue weighted by molar-refractivity contribution is 0.0648. The van der Waals surface area contributed by atoms with Crippen LogP contribution in [0.1, 0.15) is 40.5 Å². The second kappa shape index (κ2) is 5.67. The van der Waals surface area contributed by atoms with Gasteiger partial charge < -0.3 is 15.3 Å². The van der Waals surface area contributed by atoms with E-state index in [1.165, 1.54) is 0 Å². The van der Waals surface area contributed by atoms with Crippen LogP contribution in [0, 0.1) is 5.41 Å². The van der Waals surface area contributed by atoms with Gasteiger partial charge in [0.2, 0.25) is 0 Å². The number of urea groups is 1. The summed E-state index contributed by atoms with van der Waals surface area (Å²) >= 11 is 0. The van der Waals surface area contributed by atoms with E-state index in [1.807, 2.05) is 17.8 Å². The fraction of sp³-hybridized carbons (Fsp3) is 0.733. The number of rotatable bonds is 2. The van der Waals surface area contributed by atoms with Crippen molar-refractivity contribution < 1.29 is 9.90 Å². The fourth-order valence-corrected chi connectivity index (χ4v) is 2.57. The Morgan fingerprint density at radius 2 is 2.24 bits per heavy atom. The monoisotopic (exact) mass is 294 g/mol. The van der Waals surface area contributed by atoms with Crippen LogP contribution in [0.15, 0.2) is 12.4 Å². The average Bonchev–Trinajstić information content (AvgIpc) is 2.87. The van der Waals surface area contributed by atoms with E-state index in [9.17, 15) is 9.90 Å². The van der Waals surface area contributed by atoms with E-state index in [4.69, 9.17) is 0 Å². The largest absolute Gasteiger partial charge is 0.396 e. The molecule has 1 saturated heterocycles. The molecule has 6 nitrogen and oxygen atoms in total. The number of amides is 2. The molecule has 0 aliphatic carbocycles. The van der Waals surface area contributed by atoms with E-state index in [1.54, 1.807) is 11.1 Å². The maximum atomic E-state index is 12.3. The van der Waals surface area contributed by atoms with Gasteiger partial charge in [0.1, 0.15) is 0 Å². The Morgan fingerprint density at radius 3 is 2.81 bits per heavy atom. The highest BCUT2D eigenvalue weighted by Crippen LogP contribution is 2.29. The van der Waals surface area contributed by atoms with Crippen LogP contribution in [0.25, 0.3) is 0 Å². The number of carbonyl (C=O) groups excluding carboxylic acids is 1. The van der Waals surface area contributed by atoms with Crippen LogP contribution >= 0.6 is 0 Å². The first-order chi connectivity index (χ1) is 9.73. The van der Waals surface area contributed by atoms with Crippen molar-refractivity contribution in [2.24, 2.45) is 5.41 Å². The van der Waals surface area contributed by atoms with E-state index in [0.717, 1.165) is 19.4 Å². The lowest BCUT2D eigenvalue weighted by Gasteiger charge is -2.39. The summed E-state index contributed by atoms with van der Waals surface area (Å²) in [6.45, 7) is 9.62. The van der Waals surface area contributed by atoms with Crippen LogP contribution in [0.5, 0.6) is 0 Å². The number of hydrogen-bond donors (Lipinski definition) is 2. The van der Waals surface area contributed by atoms with Gasteiger partial charge in [0, 0.05) is 24.7 Å². The minimum absolute atomic E-state index is 0.108. The van der Waals surface area contributed by atoms with Crippen molar-refractivity contribution in [1.29, 1.82) is 0 Å². The molecule has 2 rings (SSSR count). The average molecular weight is 294 g/mol. The standard InChI is InChI=1S/C15H26N4O2/c1-14(2,3)19-9-12(8-16-19)17-13(21)18-7-5-6-15(4,10-18)11-20/h8-9,20H,5-7,10-11H2,1-4H3,(H,17,21). The highest BCUT2D eigenvalue weighted by Gasteiger charge is 2.32. The second-order valence-corrected chi connectivity index (χ2v) is 7.27. The van der Waals surface area contributed by atoms with Gasteiger partial charge in [-0.25, -0.2) is 4.79 Å². The number of aromatic nitrogens is 2. The quantitative estimate of drug-likeness (QED) is 0.879. The van der Waals surface area contributed by atoms with Gasteiger partial charge in [-0.15, -0.1) is 0 Å². The molecule has 118 valence electrons. The van der Waals surface area contributed by atoms with Gasteiger partial charge >= 0.3 is 6.03 Å². The number of nitrogens with zero attached hydrogens (tertiary/aromatic N) is 3. The predicted molar refractivity (Wildman–Crippen MR) is 82.2 cm³/mol. The molecule has 1 aromatic rings. The number of piperidine rings is 1. The van der Waals surface area contributed by atoms with Gasteiger partial charge in [-0.05, 0) is 33.6 Å². The molecule has 2 amide bonds. The molecule has 1 aliphatic heterocycles. The van der Waals surface area contributed by atoms with Crippen molar-refractivity contribution in [3.8, 4) is 0 Å². The van der Waals surface area contributed by atoms with Crippen LogP contribution in [0.4, 0.5) is 10.5 Å². The van der Waals surface area contributed by atoms with Gasteiger partial charge in [-0.3, -0.25) is 4.68 Å². The zero-order valence-corrected chi connectivity index (χ0v) is 13.4. The van der Waals surface area contributed by atoms with E-state index in [2.05, 4.69) is 31.2 Å². The number of anilines is 1. The van der Waals surface area contributed by atoms with Crippen molar-refractivity contribution >= 4 is 11.7 Å². The van der Waals surface area contributed by atoms with Crippen molar-refractivity contribution in [2.75, 3.05) is 25.0 Å². The molecule has 0 spiro atoms. The summed E-state index contributed by atoms with van der Waals surface area (Å²) < 4.78 is 1.83. The Bertz CT molecular complexity index is 506. The first kappa shape index (κ1) is 15.8. The zero-order valence-electron chi connectivity index (χ0n) is 13.4. The summed E-state index contributed by atoms with van der Waals surface area (Å²) in [5.74, 6) is 0. The van der Waals surface area contributed by atoms with Crippen molar-refractivity contribution in [3.63, 3.8) is 0 Å². The lowest BCUT2D eigenvalue weighted by Crippen LogP contribution is -2.47. The topological polar surface area (TPSA) is 70.4 Å². The van der Waals surface area contributed by atoms with Gasteiger partial charge in [-0.2, -0.15) is 5.10 Å².